The molecule has 1 atom stereocenters. The zero-order valence-electron chi connectivity index (χ0n) is 11.5. The van der Waals surface area contributed by atoms with Crippen LogP contribution in [0.5, 0.6) is 0 Å². The van der Waals surface area contributed by atoms with Crippen LogP contribution in [0.3, 0.4) is 0 Å². The van der Waals surface area contributed by atoms with E-state index in [2.05, 4.69) is 10.3 Å². The summed E-state index contributed by atoms with van der Waals surface area (Å²) in [5, 5.41) is 2.74. The lowest BCUT2D eigenvalue weighted by Gasteiger charge is -2.21. The van der Waals surface area contributed by atoms with Crippen molar-refractivity contribution in [3.05, 3.63) is 20.8 Å². The number of nitrogens with zero attached hydrogens (tertiary/aromatic N) is 2. The molecule has 0 bridgehead atoms. The molecule has 0 radical (unpaired) electrons. The summed E-state index contributed by atoms with van der Waals surface area (Å²) in [5.74, 6) is -0.178. The maximum atomic E-state index is 11.9. The summed E-state index contributed by atoms with van der Waals surface area (Å²) >= 11 is 0. The number of carbonyl (C=O) groups is 1. The van der Waals surface area contributed by atoms with Gasteiger partial charge in [0.15, 0.2) is 0 Å². The Bertz CT molecular complexity index is 589. The van der Waals surface area contributed by atoms with Crippen molar-refractivity contribution in [2.75, 3.05) is 24.6 Å². The van der Waals surface area contributed by atoms with E-state index in [1.54, 1.807) is 14.0 Å². The van der Waals surface area contributed by atoms with Gasteiger partial charge in [-0.05, 0) is 13.8 Å². The first kappa shape index (κ1) is 14.8. The van der Waals surface area contributed by atoms with E-state index in [0.717, 1.165) is 4.57 Å². The van der Waals surface area contributed by atoms with Gasteiger partial charge in [0, 0.05) is 20.6 Å². The van der Waals surface area contributed by atoms with Crippen molar-refractivity contribution in [1.29, 1.82) is 0 Å². The molecular formula is C11H19N5O3. The molecule has 8 nitrogen and oxygen atoms in total. The van der Waals surface area contributed by atoms with Gasteiger partial charge in [-0.25, -0.2) is 4.79 Å². The highest BCUT2D eigenvalue weighted by Crippen LogP contribution is 2.10. The van der Waals surface area contributed by atoms with Crippen molar-refractivity contribution >= 4 is 17.4 Å². The lowest BCUT2D eigenvalue weighted by molar-refractivity contribution is -0.130. The number of amides is 1. The molecule has 106 valence electrons. The molecule has 0 spiro atoms. The van der Waals surface area contributed by atoms with Crippen molar-refractivity contribution in [3.63, 3.8) is 0 Å². The molecule has 0 aromatic carbocycles. The van der Waals surface area contributed by atoms with Gasteiger partial charge in [-0.2, -0.15) is 0 Å². The fraction of sp³-hybridized carbons (Fsp3) is 0.545. The van der Waals surface area contributed by atoms with Gasteiger partial charge >= 0.3 is 5.69 Å². The van der Waals surface area contributed by atoms with Gasteiger partial charge in [0.1, 0.15) is 17.5 Å². The summed E-state index contributed by atoms with van der Waals surface area (Å²) in [6.45, 7) is 4.03. The smallest absolute Gasteiger partial charge is 0.329 e. The molecule has 8 heteroatoms. The zero-order valence-corrected chi connectivity index (χ0v) is 11.5. The number of likely N-dealkylation sites (N-methyl/N-ethyl adjacent to an activating group) is 1. The third kappa shape index (κ3) is 2.95. The number of carbonyl (C=O) groups excluding carboxylic acids is 1. The summed E-state index contributed by atoms with van der Waals surface area (Å²) in [4.78, 5) is 38.5. The fourth-order valence-corrected chi connectivity index (χ4v) is 1.54. The predicted molar refractivity (Wildman–Crippen MR) is 73.1 cm³/mol. The SMILES string of the molecule is CCN(C)C(=O)C(C)Nc1c(N)n(C)c(=O)[nH]c1=O. The zero-order chi connectivity index (χ0) is 14.7. The second-order valence-corrected chi connectivity index (χ2v) is 4.30. The van der Waals surface area contributed by atoms with Crippen LogP contribution < -0.4 is 22.3 Å². The summed E-state index contributed by atoms with van der Waals surface area (Å²) < 4.78 is 1.10. The highest BCUT2D eigenvalue weighted by atomic mass is 16.2. The van der Waals surface area contributed by atoms with Gasteiger partial charge in [-0.3, -0.25) is 19.1 Å². The van der Waals surface area contributed by atoms with E-state index in [1.807, 2.05) is 6.92 Å². The van der Waals surface area contributed by atoms with Crippen LogP contribution in [0.4, 0.5) is 11.5 Å². The molecule has 0 aliphatic rings. The third-order valence-electron chi connectivity index (χ3n) is 2.95. The highest BCUT2D eigenvalue weighted by Gasteiger charge is 2.19. The average molecular weight is 269 g/mol. The Labute approximate surface area is 110 Å². The van der Waals surface area contributed by atoms with Crippen molar-refractivity contribution in [2.24, 2.45) is 7.05 Å². The van der Waals surface area contributed by atoms with Gasteiger partial charge in [-0.15, -0.1) is 0 Å². The summed E-state index contributed by atoms with van der Waals surface area (Å²) in [6, 6.07) is -0.620. The van der Waals surface area contributed by atoms with E-state index < -0.39 is 17.3 Å². The summed E-state index contributed by atoms with van der Waals surface area (Å²) in [7, 11) is 3.10. The summed E-state index contributed by atoms with van der Waals surface area (Å²) in [5.41, 5.74) is 4.48. The highest BCUT2D eigenvalue weighted by molar-refractivity contribution is 5.84. The number of aromatic nitrogens is 2. The molecule has 1 unspecified atom stereocenters. The molecule has 19 heavy (non-hydrogen) atoms. The number of hydrogen-bond donors (Lipinski definition) is 3. The second kappa shape index (κ2) is 5.59. The Morgan fingerprint density at radius 1 is 1.53 bits per heavy atom. The standard InChI is InChI=1S/C11H19N5O3/c1-5-15(3)10(18)6(2)13-7-8(12)16(4)11(19)14-9(7)17/h6,13H,5,12H2,1-4H3,(H,14,17,19). The Morgan fingerprint density at radius 3 is 2.63 bits per heavy atom. The molecule has 4 N–H and O–H groups in total. The number of rotatable bonds is 4. The van der Waals surface area contributed by atoms with Crippen LogP contribution in [0.25, 0.3) is 0 Å². The monoisotopic (exact) mass is 269 g/mol. The topological polar surface area (TPSA) is 113 Å². The molecule has 1 amide bonds. The predicted octanol–water partition coefficient (Wildman–Crippen LogP) is -1.07. The third-order valence-corrected chi connectivity index (χ3v) is 2.95. The van der Waals surface area contributed by atoms with E-state index in [9.17, 15) is 14.4 Å². The number of anilines is 2. The Hall–Kier alpha value is -2.25. The molecule has 1 aromatic heterocycles. The first-order chi connectivity index (χ1) is 8.79. The van der Waals surface area contributed by atoms with E-state index in [-0.39, 0.29) is 17.4 Å². The number of nitrogens with two attached hydrogens (primary N) is 1. The van der Waals surface area contributed by atoms with E-state index >= 15 is 0 Å². The van der Waals surface area contributed by atoms with E-state index in [0.29, 0.717) is 6.54 Å². The van der Waals surface area contributed by atoms with Crippen LogP contribution in [0.1, 0.15) is 13.8 Å². The average Bonchev–Trinajstić information content (AvgIpc) is 2.39. The van der Waals surface area contributed by atoms with Crippen LogP contribution >= 0.6 is 0 Å². The van der Waals surface area contributed by atoms with Crippen molar-refractivity contribution in [3.8, 4) is 0 Å². The number of hydrogen-bond acceptors (Lipinski definition) is 5. The van der Waals surface area contributed by atoms with Crippen LogP contribution in [0.2, 0.25) is 0 Å². The molecule has 0 aliphatic heterocycles. The second-order valence-electron chi connectivity index (χ2n) is 4.30. The quantitative estimate of drug-likeness (QED) is 0.644. The maximum Gasteiger partial charge on any atom is 0.329 e. The molecule has 0 aliphatic carbocycles. The van der Waals surface area contributed by atoms with Crippen molar-refractivity contribution in [2.45, 2.75) is 19.9 Å². The number of nitrogens with one attached hydrogen (secondary N) is 2. The van der Waals surface area contributed by atoms with Crippen LogP contribution in [0.15, 0.2) is 9.59 Å². The lowest BCUT2D eigenvalue weighted by atomic mass is 10.2. The van der Waals surface area contributed by atoms with Crippen LogP contribution in [-0.2, 0) is 11.8 Å². The Morgan fingerprint density at radius 2 is 2.11 bits per heavy atom. The molecule has 0 saturated carbocycles. The maximum absolute atomic E-state index is 11.9. The minimum absolute atomic E-state index is 0.00690. The number of nitrogen functional groups attached to an aromatic ring is 1. The minimum atomic E-state index is -0.639. The lowest BCUT2D eigenvalue weighted by Crippen LogP contribution is -2.41. The number of H-pyrrole nitrogens is 1. The molecule has 1 rings (SSSR count). The summed E-state index contributed by atoms with van der Waals surface area (Å²) in [6.07, 6.45) is 0. The molecule has 1 aromatic rings. The molecule has 0 saturated heterocycles. The first-order valence-electron chi connectivity index (χ1n) is 5.89. The van der Waals surface area contributed by atoms with Crippen molar-refractivity contribution in [1.82, 2.24) is 14.5 Å². The largest absolute Gasteiger partial charge is 0.383 e. The van der Waals surface area contributed by atoms with Crippen LogP contribution in [0, 0.1) is 0 Å². The van der Waals surface area contributed by atoms with Crippen LogP contribution in [-0.4, -0.2) is 40.0 Å². The first-order valence-corrected chi connectivity index (χ1v) is 5.89. The fourth-order valence-electron chi connectivity index (χ4n) is 1.54. The number of aromatic amines is 1. The Kier molecular flexibility index (Phi) is 4.36. The molecule has 0 fully saturated rings. The Balaban J connectivity index is 3.08. The molecule has 1 heterocycles. The van der Waals surface area contributed by atoms with Crippen molar-refractivity contribution < 1.29 is 4.79 Å². The molecular weight excluding hydrogens is 250 g/mol. The van der Waals surface area contributed by atoms with E-state index in [4.69, 9.17) is 5.73 Å². The van der Waals surface area contributed by atoms with Gasteiger partial charge in [0.2, 0.25) is 5.91 Å². The van der Waals surface area contributed by atoms with Gasteiger partial charge in [-0.1, -0.05) is 0 Å². The van der Waals surface area contributed by atoms with E-state index in [1.165, 1.54) is 11.9 Å². The van der Waals surface area contributed by atoms with Gasteiger partial charge in [0.05, 0.1) is 0 Å². The normalized spacial score (nSPS) is 12.0. The van der Waals surface area contributed by atoms with Gasteiger partial charge in [0.25, 0.3) is 5.56 Å². The minimum Gasteiger partial charge on any atom is -0.383 e. The van der Waals surface area contributed by atoms with Gasteiger partial charge < -0.3 is 16.0 Å².